The number of carbonyl (C=O) groups excluding carboxylic acids is 1. The maximum atomic E-state index is 13.0. The Morgan fingerprint density at radius 2 is 2.00 bits per heavy atom. The molecule has 0 radical (unpaired) electrons. The molecule has 1 fully saturated rings. The number of para-hydroxylation sites is 1. The number of urea groups is 1. The molecule has 0 aliphatic carbocycles. The minimum absolute atomic E-state index is 0.00942. The number of amides is 2. The van der Waals surface area contributed by atoms with Crippen molar-refractivity contribution in [1.82, 2.24) is 4.90 Å². The van der Waals surface area contributed by atoms with Gasteiger partial charge in [0.2, 0.25) is 0 Å². The standard InChI is InChI=1S/C19H21FN2O3/c20-15-7-9-16(10-8-15)21-19(24)22(13-17-5-3-11-25-17)12-14-4-1-2-6-18(14)23/h1-2,4,6-10,17,23H,3,5,11-13H2,(H,21,24)/t17-/m1/s1. The van der Waals surface area contributed by atoms with E-state index < -0.39 is 0 Å². The average Bonchev–Trinajstić information content (AvgIpc) is 3.11. The van der Waals surface area contributed by atoms with Crippen molar-refractivity contribution < 1.29 is 19.0 Å². The van der Waals surface area contributed by atoms with E-state index in [2.05, 4.69) is 5.32 Å². The second-order valence-electron chi connectivity index (χ2n) is 6.08. The monoisotopic (exact) mass is 344 g/mol. The number of carbonyl (C=O) groups is 1. The minimum Gasteiger partial charge on any atom is -0.508 e. The van der Waals surface area contributed by atoms with Gasteiger partial charge in [0.1, 0.15) is 11.6 Å². The second-order valence-corrected chi connectivity index (χ2v) is 6.08. The highest BCUT2D eigenvalue weighted by Gasteiger charge is 2.23. The summed E-state index contributed by atoms with van der Waals surface area (Å²) in [7, 11) is 0. The van der Waals surface area contributed by atoms with E-state index in [0.29, 0.717) is 24.4 Å². The van der Waals surface area contributed by atoms with Gasteiger partial charge < -0.3 is 20.1 Å². The second kappa shape index (κ2) is 7.98. The molecule has 0 aromatic heterocycles. The van der Waals surface area contributed by atoms with Gasteiger partial charge in [-0.25, -0.2) is 9.18 Å². The molecule has 2 aromatic rings. The number of phenols is 1. The summed E-state index contributed by atoms with van der Waals surface area (Å²) in [5, 5.41) is 12.8. The maximum absolute atomic E-state index is 13.0. The van der Waals surface area contributed by atoms with E-state index in [9.17, 15) is 14.3 Å². The molecule has 0 unspecified atom stereocenters. The van der Waals surface area contributed by atoms with Crippen LogP contribution < -0.4 is 5.32 Å². The van der Waals surface area contributed by atoms with Crippen LogP contribution in [0.2, 0.25) is 0 Å². The molecule has 0 spiro atoms. The fourth-order valence-corrected chi connectivity index (χ4v) is 2.84. The molecule has 1 atom stereocenters. The van der Waals surface area contributed by atoms with Crippen molar-refractivity contribution in [3.8, 4) is 5.75 Å². The zero-order chi connectivity index (χ0) is 17.6. The topological polar surface area (TPSA) is 61.8 Å². The first-order chi connectivity index (χ1) is 12.1. The summed E-state index contributed by atoms with van der Waals surface area (Å²) in [5.41, 5.74) is 1.18. The highest BCUT2D eigenvalue weighted by atomic mass is 19.1. The zero-order valence-electron chi connectivity index (χ0n) is 13.8. The molecule has 0 bridgehead atoms. The number of hydrogen-bond donors (Lipinski definition) is 2. The van der Waals surface area contributed by atoms with Crippen molar-refractivity contribution in [1.29, 1.82) is 0 Å². The van der Waals surface area contributed by atoms with E-state index in [1.807, 2.05) is 6.07 Å². The van der Waals surface area contributed by atoms with Gasteiger partial charge in [-0.05, 0) is 43.2 Å². The molecule has 2 amide bonds. The number of hydrogen-bond acceptors (Lipinski definition) is 3. The minimum atomic E-state index is -0.358. The van der Waals surface area contributed by atoms with E-state index in [1.54, 1.807) is 23.1 Å². The van der Waals surface area contributed by atoms with Gasteiger partial charge in [0.15, 0.2) is 0 Å². The first-order valence-electron chi connectivity index (χ1n) is 8.32. The number of anilines is 1. The third-order valence-corrected chi connectivity index (χ3v) is 4.18. The summed E-state index contributed by atoms with van der Waals surface area (Å²) in [4.78, 5) is 14.3. The summed E-state index contributed by atoms with van der Waals surface area (Å²) < 4.78 is 18.7. The third-order valence-electron chi connectivity index (χ3n) is 4.18. The van der Waals surface area contributed by atoms with E-state index in [4.69, 9.17) is 4.74 Å². The lowest BCUT2D eigenvalue weighted by atomic mass is 10.1. The summed E-state index contributed by atoms with van der Waals surface area (Å²) in [6.45, 7) is 1.40. The number of phenolic OH excluding ortho intramolecular Hbond substituents is 1. The Hall–Kier alpha value is -2.60. The van der Waals surface area contributed by atoms with Crippen LogP contribution in [-0.4, -0.2) is 35.3 Å². The molecule has 3 rings (SSSR count). The molecule has 1 aliphatic heterocycles. The molecule has 6 heteroatoms. The van der Waals surface area contributed by atoms with Crippen molar-refractivity contribution in [2.45, 2.75) is 25.5 Å². The average molecular weight is 344 g/mol. The summed E-state index contributed by atoms with van der Waals surface area (Å²) >= 11 is 0. The van der Waals surface area contributed by atoms with E-state index >= 15 is 0 Å². The van der Waals surface area contributed by atoms with Gasteiger partial charge in [-0.1, -0.05) is 18.2 Å². The zero-order valence-corrected chi connectivity index (χ0v) is 13.8. The van der Waals surface area contributed by atoms with E-state index in [-0.39, 0.29) is 30.2 Å². The van der Waals surface area contributed by atoms with Gasteiger partial charge in [-0.15, -0.1) is 0 Å². The molecule has 132 valence electrons. The lowest BCUT2D eigenvalue weighted by Gasteiger charge is -2.26. The number of ether oxygens (including phenoxy) is 1. The number of halogens is 1. The molecule has 0 saturated carbocycles. The molecular weight excluding hydrogens is 323 g/mol. The van der Waals surface area contributed by atoms with Gasteiger partial charge in [0.05, 0.1) is 12.6 Å². The van der Waals surface area contributed by atoms with Crippen LogP contribution in [0.25, 0.3) is 0 Å². The Morgan fingerprint density at radius 1 is 1.24 bits per heavy atom. The van der Waals surface area contributed by atoms with Crippen LogP contribution in [0.1, 0.15) is 18.4 Å². The Bertz CT molecular complexity index is 715. The number of rotatable bonds is 5. The van der Waals surface area contributed by atoms with Crippen LogP contribution in [0.5, 0.6) is 5.75 Å². The fourth-order valence-electron chi connectivity index (χ4n) is 2.84. The van der Waals surface area contributed by atoms with Crippen molar-refractivity contribution in [3.63, 3.8) is 0 Å². The fraction of sp³-hybridized carbons (Fsp3) is 0.316. The quantitative estimate of drug-likeness (QED) is 0.868. The van der Waals surface area contributed by atoms with Gasteiger partial charge in [0, 0.05) is 24.4 Å². The SMILES string of the molecule is O=C(Nc1ccc(F)cc1)N(Cc1ccccc1O)C[C@H]1CCCO1. The number of nitrogens with one attached hydrogen (secondary N) is 1. The summed E-state index contributed by atoms with van der Waals surface area (Å²) in [6, 6.07) is 12.2. The summed E-state index contributed by atoms with van der Waals surface area (Å²) in [5.74, 6) is -0.210. The van der Waals surface area contributed by atoms with Crippen LogP contribution in [0.4, 0.5) is 14.9 Å². The molecule has 2 aromatic carbocycles. The van der Waals surface area contributed by atoms with Gasteiger partial charge in [-0.2, -0.15) is 0 Å². The van der Waals surface area contributed by atoms with Crippen molar-refractivity contribution in [2.24, 2.45) is 0 Å². The van der Waals surface area contributed by atoms with Crippen LogP contribution in [0.15, 0.2) is 48.5 Å². The molecule has 1 saturated heterocycles. The normalized spacial score (nSPS) is 16.6. The molecule has 2 N–H and O–H groups in total. The predicted octanol–water partition coefficient (Wildman–Crippen LogP) is 3.74. The van der Waals surface area contributed by atoms with Gasteiger partial charge >= 0.3 is 6.03 Å². The van der Waals surface area contributed by atoms with Crippen LogP contribution in [0, 0.1) is 5.82 Å². The van der Waals surface area contributed by atoms with E-state index in [0.717, 1.165) is 12.8 Å². The Labute approximate surface area is 146 Å². The van der Waals surface area contributed by atoms with Crippen molar-refractivity contribution in [2.75, 3.05) is 18.5 Å². The Balaban J connectivity index is 1.73. The molecule has 1 aliphatic rings. The first kappa shape index (κ1) is 17.2. The number of benzene rings is 2. The van der Waals surface area contributed by atoms with Crippen molar-refractivity contribution >= 4 is 11.7 Å². The lowest BCUT2D eigenvalue weighted by molar-refractivity contribution is 0.0817. The van der Waals surface area contributed by atoms with Gasteiger partial charge in [-0.3, -0.25) is 0 Å². The van der Waals surface area contributed by atoms with Crippen LogP contribution >= 0.6 is 0 Å². The third kappa shape index (κ3) is 4.70. The highest BCUT2D eigenvalue weighted by Crippen LogP contribution is 2.21. The molecule has 25 heavy (non-hydrogen) atoms. The van der Waals surface area contributed by atoms with Crippen LogP contribution in [0.3, 0.4) is 0 Å². The maximum Gasteiger partial charge on any atom is 0.322 e. The largest absolute Gasteiger partial charge is 0.508 e. The van der Waals surface area contributed by atoms with Crippen molar-refractivity contribution in [3.05, 3.63) is 59.9 Å². The first-order valence-corrected chi connectivity index (χ1v) is 8.32. The van der Waals surface area contributed by atoms with E-state index in [1.165, 1.54) is 24.3 Å². The highest BCUT2D eigenvalue weighted by molar-refractivity contribution is 5.89. The Kier molecular flexibility index (Phi) is 5.50. The molecule has 5 nitrogen and oxygen atoms in total. The van der Waals surface area contributed by atoms with Crippen LogP contribution in [-0.2, 0) is 11.3 Å². The smallest absolute Gasteiger partial charge is 0.322 e. The number of aromatic hydroxyl groups is 1. The van der Waals surface area contributed by atoms with Gasteiger partial charge in [0.25, 0.3) is 0 Å². The summed E-state index contributed by atoms with van der Waals surface area (Å²) in [6.07, 6.45) is 1.88. The molecule has 1 heterocycles. The lowest BCUT2D eigenvalue weighted by Crippen LogP contribution is -2.39. The number of nitrogens with zero attached hydrogens (tertiary/aromatic N) is 1. The predicted molar refractivity (Wildman–Crippen MR) is 92.9 cm³/mol. The molecular formula is C19H21FN2O3. The Morgan fingerprint density at radius 3 is 2.68 bits per heavy atom.